The van der Waals surface area contributed by atoms with E-state index in [1.165, 1.54) is 0 Å². The monoisotopic (exact) mass is 174 g/mol. The van der Waals surface area contributed by atoms with E-state index in [0.29, 0.717) is 23.7 Å². The Hall–Kier alpha value is -0.140. The Morgan fingerprint density at radius 2 is 1.67 bits per heavy atom. The van der Waals surface area contributed by atoms with Crippen LogP contribution in [0, 0.1) is 23.7 Å². The van der Waals surface area contributed by atoms with Gasteiger partial charge in [0.1, 0.15) is 0 Å². The summed E-state index contributed by atoms with van der Waals surface area (Å²) < 4.78 is 25.8. The molecule has 0 aromatic rings. The summed E-state index contributed by atoms with van der Waals surface area (Å²) in [5.41, 5.74) is 0. The second kappa shape index (κ2) is 2.43. The first kappa shape index (κ1) is 8.46. The fraction of sp³-hybridized carbons (Fsp3) is 1.00. The lowest BCUT2D eigenvalue weighted by molar-refractivity contribution is -0.160. The number of halogens is 2. The van der Waals surface area contributed by atoms with E-state index in [0.717, 1.165) is 6.42 Å². The number of hydrogen-bond donors (Lipinski definition) is 0. The van der Waals surface area contributed by atoms with Gasteiger partial charge in [-0.3, -0.25) is 0 Å². The van der Waals surface area contributed by atoms with Crippen LogP contribution in [0.2, 0.25) is 0 Å². The van der Waals surface area contributed by atoms with E-state index in [1.807, 2.05) is 0 Å². The topological polar surface area (TPSA) is 0 Å². The zero-order valence-electron chi connectivity index (χ0n) is 7.69. The quantitative estimate of drug-likeness (QED) is 0.572. The van der Waals surface area contributed by atoms with Crippen molar-refractivity contribution in [2.75, 3.05) is 0 Å². The van der Waals surface area contributed by atoms with Crippen LogP contribution in [-0.4, -0.2) is 5.92 Å². The molecule has 70 valence electrons. The lowest BCUT2D eigenvalue weighted by atomic mass is 9.53. The molecule has 3 aliphatic carbocycles. The molecule has 0 heterocycles. The molecule has 0 spiro atoms. The molecular weight excluding hydrogens is 158 g/mol. The van der Waals surface area contributed by atoms with E-state index in [9.17, 15) is 8.78 Å². The summed E-state index contributed by atoms with van der Waals surface area (Å²) in [5.74, 6) is -0.467. The second-order valence-corrected chi connectivity index (χ2v) is 4.84. The Morgan fingerprint density at radius 1 is 1.17 bits per heavy atom. The summed E-state index contributed by atoms with van der Waals surface area (Å²) in [6.45, 7) is 4.32. The van der Waals surface area contributed by atoms with Gasteiger partial charge >= 0.3 is 0 Å². The molecule has 2 bridgehead atoms. The summed E-state index contributed by atoms with van der Waals surface area (Å²) in [5, 5.41) is 0. The van der Waals surface area contributed by atoms with Crippen molar-refractivity contribution in [1.82, 2.24) is 0 Å². The third kappa shape index (κ3) is 1.16. The van der Waals surface area contributed by atoms with Crippen LogP contribution in [0.1, 0.15) is 33.1 Å². The van der Waals surface area contributed by atoms with Gasteiger partial charge in [-0.25, -0.2) is 8.78 Å². The van der Waals surface area contributed by atoms with Gasteiger partial charge < -0.3 is 0 Å². The van der Waals surface area contributed by atoms with Gasteiger partial charge in [0.15, 0.2) is 0 Å². The molecule has 12 heavy (non-hydrogen) atoms. The van der Waals surface area contributed by atoms with E-state index in [4.69, 9.17) is 0 Å². The molecule has 0 aliphatic heterocycles. The number of alkyl halides is 2. The van der Waals surface area contributed by atoms with Crippen molar-refractivity contribution in [3.05, 3.63) is 0 Å². The normalized spacial score (nSPS) is 44.2. The summed E-state index contributed by atoms with van der Waals surface area (Å²) in [7, 11) is 0. The molecule has 0 aromatic carbocycles. The lowest BCUT2D eigenvalue weighted by Crippen LogP contribution is -2.50. The summed E-state index contributed by atoms with van der Waals surface area (Å²) in [4.78, 5) is 0. The highest BCUT2D eigenvalue weighted by Gasteiger charge is 2.54. The molecule has 0 aromatic heterocycles. The van der Waals surface area contributed by atoms with E-state index < -0.39 is 5.92 Å². The van der Waals surface area contributed by atoms with Crippen molar-refractivity contribution < 1.29 is 8.78 Å². The molecule has 2 unspecified atom stereocenters. The third-order valence-electron chi connectivity index (χ3n) is 3.59. The average Bonchev–Trinajstić information content (AvgIpc) is 1.81. The van der Waals surface area contributed by atoms with E-state index in [1.54, 1.807) is 0 Å². The van der Waals surface area contributed by atoms with Crippen LogP contribution in [0.5, 0.6) is 0 Å². The number of fused-ring (bicyclic) bond motifs is 2. The van der Waals surface area contributed by atoms with E-state index in [-0.39, 0.29) is 12.8 Å². The van der Waals surface area contributed by atoms with Crippen molar-refractivity contribution in [1.29, 1.82) is 0 Å². The zero-order chi connectivity index (χ0) is 8.93. The highest BCUT2D eigenvalue weighted by molar-refractivity contribution is 5.00. The largest absolute Gasteiger partial charge is 0.248 e. The molecule has 3 aliphatic rings. The minimum absolute atomic E-state index is 0.159. The highest BCUT2D eigenvalue weighted by Crippen LogP contribution is 2.58. The first-order valence-corrected chi connectivity index (χ1v) is 4.87. The smallest absolute Gasteiger partial charge is 0.207 e. The first-order chi connectivity index (χ1) is 5.49. The highest BCUT2D eigenvalue weighted by atomic mass is 19.3. The molecular formula is C10H16F2. The second-order valence-electron chi connectivity index (χ2n) is 4.84. The Labute approximate surface area is 72.3 Å². The molecule has 0 saturated heterocycles. The van der Waals surface area contributed by atoms with Crippen molar-refractivity contribution in [2.45, 2.75) is 39.0 Å². The summed E-state index contributed by atoms with van der Waals surface area (Å²) in [6.07, 6.45) is 1.39. The Balaban J connectivity index is 2.03. The fourth-order valence-electron chi connectivity index (χ4n) is 3.27. The minimum Gasteiger partial charge on any atom is -0.207 e. The maximum atomic E-state index is 12.9. The van der Waals surface area contributed by atoms with Crippen molar-refractivity contribution in [3.8, 4) is 0 Å². The van der Waals surface area contributed by atoms with Crippen LogP contribution in [0.4, 0.5) is 8.78 Å². The van der Waals surface area contributed by atoms with Gasteiger partial charge in [-0.1, -0.05) is 13.8 Å². The molecule has 3 rings (SSSR count). The van der Waals surface area contributed by atoms with Gasteiger partial charge in [0.2, 0.25) is 5.92 Å². The van der Waals surface area contributed by atoms with Gasteiger partial charge in [-0.2, -0.15) is 0 Å². The molecule has 0 N–H and O–H groups in total. The van der Waals surface area contributed by atoms with Crippen molar-refractivity contribution >= 4 is 0 Å². The molecule has 0 nitrogen and oxygen atoms in total. The lowest BCUT2D eigenvalue weighted by Gasteiger charge is -2.54. The Morgan fingerprint density at radius 3 is 2.08 bits per heavy atom. The SMILES string of the molecule is CC(C)C1C2CC1CC(F)(F)C2. The average molecular weight is 174 g/mol. The predicted molar refractivity (Wildman–Crippen MR) is 44.1 cm³/mol. The van der Waals surface area contributed by atoms with Crippen LogP contribution in [0.25, 0.3) is 0 Å². The van der Waals surface area contributed by atoms with Crippen LogP contribution in [0.3, 0.4) is 0 Å². The molecule has 2 atom stereocenters. The molecule has 3 fully saturated rings. The van der Waals surface area contributed by atoms with Crippen molar-refractivity contribution in [3.63, 3.8) is 0 Å². The summed E-state index contributed by atoms with van der Waals surface area (Å²) >= 11 is 0. The van der Waals surface area contributed by atoms with E-state index in [2.05, 4.69) is 13.8 Å². The molecule has 0 amide bonds. The van der Waals surface area contributed by atoms with Crippen LogP contribution >= 0.6 is 0 Å². The maximum absolute atomic E-state index is 12.9. The number of rotatable bonds is 1. The van der Waals surface area contributed by atoms with Gasteiger partial charge in [-0.15, -0.1) is 0 Å². The number of hydrogen-bond acceptors (Lipinski definition) is 0. The molecule has 2 heteroatoms. The van der Waals surface area contributed by atoms with Crippen LogP contribution in [0.15, 0.2) is 0 Å². The zero-order valence-corrected chi connectivity index (χ0v) is 7.69. The van der Waals surface area contributed by atoms with E-state index >= 15 is 0 Å². The molecule has 3 saturated carbocycles. The maximum Gasteiger partial charge on any atom is 0.248 e. The van der Waals surface area contributed by atoms with Gasteiger partial charge in [0.05, 0.1) is 0 Å². The summed E-state index contributed by atoms with van der Waals surface area (Å²) in [6, 6.07) is 0. The first-order valence-electron chi connectivity index (χ1n) is 4.87. The standard InChI is InChI=1S/C10H16F2/c1-6(2)9-7-3-8(9)5-10(11,12)4-7/h6-9H,3-5H2,1-2H3. The van der Waals surface area contributed by atoms with Gasteiger partial charge in [0, 0.05) is 12.8 Å². The minimum atomic E-state index is -2.33. The molecule has 0 radical (unpaired) electrons. The van der Waals surface area contributed by atoms with Gasteiger partial charge in [-0.05, 0) is 30.1 Å². The van der Waals surface area contributed by atoms with Crippen molar-refractivity contribution in [2.24, 2.45) is 23.7 Å². The van der Waals surface area contributed by atoms with Crippen LogP contribution in [-0.2, 0) is 0 Å². The van der Waals surface area contributed by atoms with Gasteiger partial charge in [0.25, 0.3) is 0 Å². The van der Waals surface area contributed by atoms with Crippen LogP contribution < -0.4 is 0 Å². The fourth-order valence-corrected chi connectivity index (χ4v) is 3.27. The predicted octanol–water partition coefficient (Wildman–Crippen LogP) is 3.32. The third-order valence-corrected chi connectivity index (χ3v) is 3.59. The Kier molecular flexibility index (Phi) is 1.71. The Bertz CT molecular complexity index is 172.